The SMILES string of the molecule is CNCC(C)(F)c1cccc(F)c1F. The summed E-state index contributed by atoms with van der Waals surface area (Å²) in [6, 6.07) is 3.51. The molecule has 1 unspecified atom stereocenters. The number of benzene rings is 1. The Morgan fingerprint density at radius 2 is 2.00 bits per heavy atom. The Morgan fingerprint density at radius 1 is 1.36 bits per heavy atom. The highest BCUT2D eigenvalue weighted by Gasteiger charge is 2.29. The van der Waals surface area contributed by atoms with Crippen LogP contribution in [0.4, 0.5) is 13.2 Å². The van der Waals surface area contributed by atoms with Crippen molar-refractivity contribution in [3.05, 3.63) is 35.4 Å². The molecule has 1 N–H and O–H groups in total. The number of alkyl halides is 1. The van der Waals surface area contributed by atoms with Gasteiger partial charge in [-0.2, -0.15) is 0 Å². The molecule has 0 spiro atoms. The number of nitrogens with one attached hydrogen (secondary N) is 1. The molecule has 0 amide bonds. The van der Waals surface area contributed by atoms with Crippen molar-refractivity contribution < 1.29 is 13.2 Å². The van der Waals surface area contributed by atoms with Crippen molar-refractivity contribution in [3.63, 3.8) is 0 Å². The zero-order valence-corrected chi connectivity index (χ0v) is 8.07. The van der Waals surface area contributed by atoms with Gasteiger partial charge in [-0.05, 0) is 20.0 Å². The van der Waals surface area contributed by atoms with Crippen molar-refractivity contribution in [2.24, 2.45) is 0 Å². The van der Waals surface area contributed by atoms with Crippen molar-refractivity contribution in [2.75, 3.05) is 13.6 Å². The Bertz CT molecular complexity index is 323. The van der Waals surface area contributed by atoms with E-state index in [9.17, 15) is 13.2 Å². The Kier molecular flexibility index (Phi) is 3.16. The summed E-state index contributed by atoms with van der Waals surface area (Å²) in [5.41, 5.74) is -2.16. The highest BCUT2D eigenvalue weighted by atomic mass is 19.2. The fourth-order valence-corrected chi connectivity index (χ4v) is 1.33. The summed E-state index contributed by atoms with van der Waals surface area (Å²) in [7, 11) is 1.55. The first-order chi connectivity index (χ1) is 6.49. The lowest BCUT2D eigenvalue weighted by molar-refractivity contribution is 0.182. The zero-order valence-electron chi connectivity index (χ0n) is 8.07. The first kappa shape index (κ1) is 11.0. The van der Waals surface area contributed by atoms with E-state index in [4.69, 9.17) is 0 Å². The van der Waals surface area contributed by atoms with Gasteiger partial charge in [0.25, 0.3) is 0 Å². The minimum Gasteiger partial charge on any atom is -0.316 e. The van der Waals surface area contributed by atoms with Crippen LogP contribution in [0, 0.1) is 11.6 Å². The van der Waals surface area contributed by atoms with Gasteiger partial charge in [0, 0.05) is 12.1 Å². The third-order valence-corrected chi connectivity index (χ3v) is 2.02. The van der Waals surface area contributed by atoms with Crippen molar-refractivity contribution >= 4 is 0 Å². The predicted octanol–water partition coefficient (Wildman–Crippen LogP) is 2.37. The molecule has 0 saturated heterocycles. The normalized spacial score (nSPS) is 15.2. The van der Waals surface area contributed by atoms with Gasteiger partial charge in [-0.1, -0.05) is 12.1 Å². The van der Waals surface area contributed by atoms with E-state index < -0.39 is 17.3 Å². The van der Waals surface area contributed by atoms with E-state index in [-0.39, 0.29) is 12.1 Å². The second-order valence-corrected chi connectivity index (χ2v) is 3.33. The molecule has 0 fully saturated rings. The van der Waals surface area contributed by atoms with Crippen LogP contribution in [0.2, 0.25) is 0 Å². The summed E-state index contributed by atoms with van der Waals surface area (Å²) in [4.78, 5) is 0. The summed E-state index contributed by atoms with van der Waals surface area (Å²) < 4.78 is 39.8. The van der Waals surface area contributed by atoms with Crippen LogP contribution >= 0.6 is 0 Å². The van der Waals surface area contributed by atoms with Crippen molar-refractivity contribution in [3.8, 4) is 0 Å². The van der Waals surface area contributed by atoms with Crippen LogP contribution in [0.1, 0.15) is 12.5 Å². The molecule has 0 aromatic heterocycles. The molecule has 14 heavy (non-hydrogen) atoms. The quantitative estimate of drug-likeness (QED) is 0.795. The van der Waals surface area contributed by atoms with E-state index >= 15 is 0 Å². The Labute approximate surface area is 80.9 Å². The van der Waals surface area contributed by atoms with Crippen LogP contribution in [-0.4, -0.2) is 13.6 Å². The molecule has 1 atom stereocenters. The number of hydrogen-bond acceptors (Lipinski definition) is 1. The van der Waals surface area contributed by atoms with Gasteiger partial charge in [0.15, 0.2) is 11.6 Å². The van der Waals surface area contributed by atoms with Crippen LogP contribution in [0.25, 0.3) is 0 Å². The van der Waals surface area contributed by atoms with Gasteiger partial charge in [0.1, 0.15) is 5.67 Å². The van der Waals surface area contributed by atoms with Crippen molar-refractivity contribution in [1.29, 1.82) is 0 Å². The number of rotatable bonds is 3. The highest BCUT2D eigenvalue weighted by molar-refractivity contribution is 5.25. The van der Waals surface area contributed by atoms with Gasteiger partial charge in [-0.3, -0.25) is 0 Å². The summed E-state index contributed by atoms with van der Waals surface area (Å²) >= 11 is 0. The molecule has 0 saturated carbocycles. The molecule has 4 heteroatoms. The van der Waals surface area contributed by atoms with Gasteiger partial charge in [0.2, 0.25) is 0 Å². The van der Waals surface area contributed by atoms with Crippen molar-refractivity contribution in [2.45, 2.75) is 12.6 Å². The average molecular weight is 203 g/mol. The Morgan fingerprint density at radius 3 is 2.57 bits per heavy atom. The van der Waals surface area contributed by atoms with Gasteiger partial charge in [-0.25, -0.2) is 13.2 Å². The lowest BCUT2D eigenvalue weighted by Crippen LogP contribution is -2.30. The Balaban J connectivity index is 3.12. The van der Waals surface area contributed by atoms with E-state index in [1.165, 1.54) is 19.1 Å². The standard InChI is InChI=1S/C10H12F3N/c1-10(13,6-14-2)7-4-3-5-8(11)9(7)12/h3-5,14H,6H2,1-2H3. The van der Waals surface area contributed by atoms with Crippen LogP contribution in [-0.2, 0) is 5.67 Å². The molecule has 1 rings (SSSR count). The molecule has 0 aliphatic carbocycles. The molecule has 0 radical (unpaired) electrons. The van der Waals surface area contributed by atoms with E-state index in [0.29, 0.717) is 0 Å². The summed E-state index contributed by atoms with van der Waals surface area (Å²) in [5, 5.41) is 2.59. The summed E-state index contributed by atoms with van der Waals surface area (Å²) in [6.45, 7) is 1.15. The molecule has 0 heterocycles. The average Bonchev–Trinajstić information content (AvgIpc) is 2.09. The van der Waals surface area contributed by atoms with Crippen LogP contribution in [0.15, 0.2) is 18.2 Å². The molecule has 0 aliphatic rings. The summed E-state index contributed by atoms with van der Waals surface area (Å²) in [6.07, 6.45) is 0. The third kappa shape index (κ3) is 2.07. The molecule has 0 bridgehead atoms. The molecule has 1 aromatic rings. The number of hydrogen-bond donors (Lipinski definition) is 1. The summed E-state index contributed by atoms with van der Waals surface area (Å²) in [5.74, 6) is -2.14. The molecule has 78 valence electrons. The maximum Gasteiger partial charge on any atom is 0.165 e. The largest absolute Gasteiger partial charge is 0.316 e. The first-order valence-electron chi connectivity index (χ1n) is 4.27. The van der Waals surface area contributed by atoms with Crippen molar-refractivity contribution in [1.82, 2.24) is 5.32 Å². The maximum atomic E-state index is 13.8. The monoisotopic (exact) mass is 203 g/mol. The third-order valence-electron chi connectivity index (χ3n) is 2.02. The van der Waals surface area contributed by atoms with Crippen LogP contribution in [0.3, 0.4) is 0 Å². The number of likely N-dealkylation sites (N-methyl/N-ethyl adjacent to an activating group) is 1. The van der Waals surface area contributed by atoms with Crippen LogP contribution < -0.4 is 5.32 Å². The minimum atomic E-state index is -1.90. The molecule has 0 aliphatic heterocycles. The van der Waals surface area contributed by atoms with Gasteiger partial charge in [-0.15, -0.1) is 0 Å². The predicted molar refractivity (Wildman–Crippen MR) is 48.7 cm³/mol. The second-order valence-electron chi connectivity index (χ2n) is 3.33. The fourth-order valence-electron chi connectivity index (χ4n) is 1.33. The Hall–Kier alpha value is -1.03. The maximum absolute atomic E-state index is 13.8. The van der Waals surface area contributed by atoms with E-state index in [0.717, 1.165) is 6.07 Å². The second kappa shape index (κ2) is 4.00. The van der Waals surface area contributed by atoms with Gasteiger partial charge in [0.05, 0.1) is 0 Å². The zero-order chi connectivity index (χ0) is 10.8. The van der Waals surface area contributed by atoms with Gasteiger partial charge >= 0.3 is 0 Å². The van der Waals surface area contributed by atoms with Gasteiger partial charge < -0.3 is 5.32 Å². The molecule has 1 aromatic carbocycles. The van der Waals surface area contributed by atoms with Crippen LogP contribution in [0.5, 0.6) is 0 Å². The highest BCUT2D eigenvalue weighted by Crippen LogP contribution is 2.28. The fraction of sp³-hybridized carbons (Fsp3) is 0.400. The topological polar surface area (TPSA) is 12.0 Å². The smallest absolute Gasteiger partial charge is 0.165 e. The minimum absolute atomic E-state index is 0.0621. The van der Waals surface area contributed by atoms with E-state index in [1.807, 2.05) is 0 Å². The van der Waals surface area contributed by atoms with E-state index in [1.54, 1.807) is 7.05 Å². The lowest BCUT2D eigenvalue weighted by Gasteiger charge is -2.20. The lowest BCUT2D eigenvalue weighted by atomic mass is 9.97. The number of halogens is 3. The molecule has 1 nitrogen and oxygen atoms in total. The molecular formula is C10H12F3N. The first-order valence-corrected chi connectivity index (χ1v) is 4.27. The van der Waals surface area contributed by atoms with E-state index in [2.05, 4.69) is 5.32 Å². The molecular weight excluding hydrogens is 191 g/mol.